The summed E-state index contributed by atoms with van der Waals surface area (Å²) in [5.74, 6) is 0.966. The molecule has 1 heterocycles. The quantitative estimate of drug-likeness (QED) is 0.648. The Hall–Kier alpha value is -1.03. The van der Waals surface area contributed by atoms with Crippen LogP contribution in [0.1, 0.15) is 30.4 Å². The highest BCUT2D eigenvalue weighted by atomic mass is 79.9. The molecular weight excluding hydrogens is 374 g/mol. The number of benzene rings is 2. The van der Waals surface area contributed by atoms with Gasteiger partial charge in [-0.05, 0) is 61.8 Å². The van der Waals surface area contributed by atoms with Crippen LogP contribution in [0.15, 0.2) is 46.9 Å². The van der Waals surface area contributed by atoms with Crippen molar-refractivity contribution in [3.05, 3.63) is 63.1 Å². The molecule has 0 aliphatic carbocycles. The molecule has 2 aromatic carbocycles. The zero-order chi connectivity index (χ0) is 16.1. The molecular formula is C19H21BrClNO. The van der Waals surface area contributed by atoms with Gasteiger partial charge in [-0.15, -0.1) is 0 Å². The smallest absolute Gasteiger partial charge is 0.124 e. The maximum absolute atomic E-state index is 6.07. The van der Waals surface area contributed by atoms with Crippen LogP contribution in [-0.2, 0) is 13.2 Å². The van der Waals surface area contributed by atoms with Crippen LogP contribution in [0.25, 0.3) is 0 Å². The van der Waals surface area contributed by atoms with Crippen LogP contribution in [0, 0.1) is 0 Å². The molecule has 1 fully saturated rings. The SMILES string of the molecule is Clc1ccc(COc2ccc(Br)cc2CN2CCCCC2)cc1. The third kappa shape index (κ3) is 4.97. The maximum Gasteiger partial charge on any atom is 0.124 e. The first-order valence-electron chi connectivity index (χ1n) is 8.09. The number of rotatable bonds is 5. The highest BCUT2D eigenvalue weighted by Gasteiger charge is 2.13. The Bertz CT molecular complexity index is 638. The van der Waals surface area contributed by atoms with Crippen molar-refractivity contribution in [2.45, 2.75) is 32.4 Å². The molecule has 122 valence electrons. The molecule has 2 nitrogen and oxygen atoms in total. The Morgan fingerprint density at radius 3 is 2.48 bits per heavy atom. The fraction of sp³-hybridized carbons (Fsp3) is 0.368. The van der Waals surface area contributed by atoms with Gasteiger partial charge in [0.2, 0.25) is 0 Å². The van der Waals surface area contributed by atoms with Crippen molar-refractivity contribution < 1.29 is 4.74 Å². The predicted molar refractivity (Wildman–Crippen MR) is 99.1 cm³/mol. The van der Waals surface area contributed by atoms with Crippen molar-refractivity contribution in [3.63, 3.8) is 0 Å². The summed E-state index contributed by atoms with van der Waals surface area (Å²) >= 11 is 9.50. The van der Waals surface area contributed by atoms with E-state index in [9.17, 15) is 0 Å². The summed E-state index contributed by atoms with van der Waals surface area (Å²) in [5.41, 5.74) is 2.37. The lowest BCUT2D eigenvalue weighted by Crippen LogP contribution is -2.29. The molecule has 0 aromatic heterocycles. The van der Waals surface area contributed by atoms with Crippen LogP contribution in [0.4, 0.5) is 0 Å². The number of likely N-dealkylation sites (tertiary alicyclic amines) is 1. The van der Waals surface area contributed by atoms with Gasteiger partial charge in [-0.25, -0.2) is 0 Å². The molecule has 0 radical (unpaired) electrons. The Morgan fingerprint density at radius 2 is 1.74 bits per heavy atom. The number of halogens is 2. The fourth-order valence-corrected chi connectivity index (χ4v) is 3.45. The van der Waals surface area contributed by atoms with Gasteiger partial charge in [0.25, 0.3) is 0 Å². The van der Waals surface area contributed by atoms with E-state index < -0.39 is 0 Å². The summed E-state index contributed by atoms with van der Waals surface area (Å²) in [7, 11) is 0. The first kappa shape index (κ1) is 16.8. The van der Waals surface area contributed by atoms with Gasteiger partial charge in [0.1, 0.15) is 12.4 Å². The Morgan fingerprint density at radius 1 is 1.00 bits per heavy atom. The van der Waals surface area contributed by atoms with E-state index in [-0.39, 0.29) is 0 Å². The Kier molecular flexibility index (Phi) is 5.98. The van der Waals surface area contributed by atoms with Gasteiger partial charge >= 0.3 is 0 Å². The average molecular weight is 395 g/mol. The van der Waals surface area contributed by atoms with Crippen LogP contribution < -0.4 is 4.74 Å². The lowest BCUT2D eigenvalue weighted by molar-refractivity contribution is 0.215. The topological polar surface area (TPSA) is 12.5 Å². The van der Waals surface area contributed by atoms with Crippen molar-refractivity contribution in [2.75, 3.05) is 13.1 Å². The molecule has 23 heavy (non-hydrogen) atoms. The highest BCUT2D eigenvalue weighted by Crippen LogP contribution is 2.26. The molecule has 1 saturated heterocycles. The predicted octanol–water partition coefficient (Wildman–Crippen LogP) is 5.67. The fourth-order valence-electron chi connectivity index (χ4n) is 2.91. The van der Waals surface area contributed by atoms with Gasteiger partial charge in [0.05, 0.1) is 0 Å². The lowest BCUT2D eigenvalue weighted by atomic mass is 10.1. The van der Waals surface area contributed by atoms with E-state index in [1.165, 1.54) is 37.9 Å². The number of piperidine rings is 1. The van der Waals surface area contributed by atoms with E-state index in [1.54, 1.807) is 0 Å². The molecule has 1 aliphatic heterocycles. The second-order valence-corrected chi connectivity index (χ2v) is 7.36. The Balaban J connectivity index is 1.69. The number of hydrogen-bond acceptors (Lipinski definition) is 2. The van der Waals surface area contributed by atoms with Crippen LogP contribution in [0.3, 0.4) is 0 Å². The average Bonchev–Trinajstić information content (AvgIpc) is 2.57. The van der Waals surface area contributed by atoms with Crippen molar-refractivity contribution in [1.82, 2.24) is 4.90 Å². The largest absolute Gasteiger partial charge is 0.489 e. The molecule has 0 unspecified atom stereocenters. The van der Waals surface area contributed by atoms with E-state index in [2.05, 4.69) is 33.0 Å². The summed E-state index contributed by atoms with van der Waals surface area (Å²) in [4.78, 5) is 2.51. The number of ether oxygens (including phenoxy) is 1. The first-order valence-corrected chi connectivity index (χ1v) is 9.26. The molecule has 0 amide bonds. The molecule has 0 N–H and O–H groups in total. The van der Waals surface area contributed by atoms with E-state index in [0.29, 0.717) is 6.61 Å². The van der Waals surface area contributed by atoms with Gasteiger partial charge < -0.3 is 4.74 Å². The highest BCUT2D eigenvalue weighted by molar-refractivity contribution is 9.10. The minimum atomic E-state index is 0.561. The first-order chi connectivity index (χ1) is 11.2. The number of hydrogen-bond donors (Lipinski definition) is 0. The summed E-state index contributed by atoms with van der Waals surface area (Å²) in [6.07, 6.45) is 3.96. The minimum absolute atomic E-state index is 0.561. The van der Waals surface area contributed by atoms with Crippen LogP contribution >= 0.6 is 27.5 Å². The maximum atomic E-state index is 6.07. The van der Waals surface area contributed by atoms with Crippen LogP contribution in [0.2, 0.25) is 5.02 Å². The number of nitrogens with zero attached hydrogens (tertiary/aromatic N) is 1. The molecule has 2 aromatic rings. The summed E-state index contributed by atoms with van der Waals surface area (Å²) in [6.45, 7) is 3.88. The molecule has 1 aliphatic rings. The summed E-state index contributed by atoms with van der Waals surface area (Å²) in [5, 5.41) is 0.753. The van der Waals surface area contributed by atoms with Crippen LogP contribution in [-0.4, -0.2) is 18.0 Å². The van der Waals surface area contributed by atoms with Gasteiger partial charge in [0.15, 0.2) is 0 Å². The van der Waals surface area contributed by atoms with Gasteiger partial charge in [-0.1, -0.05) is 46.1 Å². The third-order valence-electron chi connectivity index (χ3n) is 4.17. The molecule has 3 rings (SSSR count). The van der Waals surface area contributed by atoms with E-state index >= 15 is 0 Å². The second kappa shape index (κ2) is 8.18. The third-order valence-corrected chi connectivity index (χ3v) is 4.92. The normalized spacial score (nSPS) is 15.6. The lowest BCUT2D eigenvalue weighted by Gasteiger charge is -2.27. The van der Waals surface area contributed by atoms with Crippen LogP contribution in [0.5, 0.6) is 5.75 Å². The van der Waals surface area contributed by atoms with Crippen molar-refractivity contribution in [2.24, 2.45) is 0 Å². The van der Waals surface area contributed by atoms with E-state index in [0.717, 1.165) is 27.4 Å². The van der Waals surface area contributed by atoms with E-state index in [1.807, 2.05) is 30.3 Å². The van der Waals surface area contributed by atoms with Gasteiger partial charge in [-0.2, -0.15) is 0 Å². The zero-order valence-electron chi connectivity index (χ0n) is 13.1. The monoisotopic (exact) mass is 393 g/mol. The minimum Gasteiger partial charge on any atom is -0.489 e. The molecule has 0 atom stereocenters. The zero-order valence-corrected chi connectivity index (χ0v) is 15.4. The second-order valence-electron chi connectivity index (χ2n) is 6.00. The van der Waals surface area contributed by atoms with E-state index in [4.69, 9.17) is 16.3 Å². The Labute approximate surface area is 151 Å². The van der Waals surface area contributed by atoms with Crippen molar-refractivity contribution in [1.29, 1.82) is 0 Å². The van der Waals surface area contributed by atoms with Gasteiger partial charge in [0, 0.05) is 21.6 Å². The molecule has 4 heteroatoms. The molecule has 0 saturated carbocycles. The summed E-state index contributed by atoms with van der Waals surface area (Å²) < 4.78 is 7.17. The molecule has 0 spiro atoms. The van der Waals surface area contributed by atoms with Crippen molar-refractivity contribution >= 4 is 27.5 Å². The summed E-state index contributed by atoms with van der Waals surface area (Å²) in [6, 6.07) is 14.1. The van der Waals surface area contributed by atoms with Gasteiger partial charge in [-0.3, -0.25) is 4.90 Å². The molecule has 0 bridgehead atoms. The standard InChI is InChI=1S/C19H21BrClNO/c20-17-6-9-19(23-14-15-4-7-18(21)8-5-15)16(12-17)13-22-10-2-1-3-11-22/h4-9,12H,1-3,10-11,13-14H2. The van der Waals surface area contributed by atoms with Crippen molar-refractivity contribution in [3.8, 4) is 5.75 Å².